The van der Waals surface area contributed by atoms with Gasteiger partial charge in [-0.3, -0.25) is 0 Å². The van der Waals surface area contributed by atoms with Gasteiger partial charge >= 0.3 is 5.97 Å². The maximum atomic E-state index is 11.5. The second-order valence-corrected chi connectivity index (χ2v) is 6.33. The van der Waals surface area contributed by atoms with Gasteiger partial charge in [-0.15, -0.1) is 11.3 Å². The van der Waals surface area contributed by atoms with E-state index in [-0.39, 0.29) is 10.6 Å². The number of furan rings is 1. The van der Waals surface area contributed by atoms with Crippen molar-refractivity contribution in [2.75, 3.05) is 11.5 Å². The number of nitrogens with zero attached hydrogens (tertiary/aromatic N) is 2. The van der Waals surface area contributed by atoms with Crippen molar-refractivity contribution in [2.45, 2.75) is 0 Å². The van der Waals surface area contributed by atoms with Gasteiger partial charge in [0, 0.05) is 11.3 Å². The Morgan fingerprint density at radius 3 is 2.68 bits per heavy atom. The van der Waals surface area contributed by atoms with Gasteiger partial charge in [-0.25, -0.2) is 14.8 Å². The molecule has 4 aromatic rings. The summed E-state index contributed by atoms with van der Waals surface area (Å²) in [5.74, 6) is -0.261. The molecule has 0 aliphatic heterocycles. The lowest BCUT2D eigenvalue weighted by atomic mass is 10.1. The lowest BCUT2D eigenvalue weighted by Gasteiger charge is -2.07. The first-order valence-corrected chi connectivity index (χ1v) is 8.09. The Hall–Kier alpha value is -3.39. The Bertz CT molecular complexity index is 1100. The fourth-order valence-corrected chi connectivity index (χ4v) is 3.53. The van der Waals surface area contributed by atoms with E-state index in [1.807, 2.05) is 6.07 Å². The second-order valence-electron chi connectivity index (χ2n) is 5.33. The van der Waals surface area contributed by atoms with Crippen molar-refractivity contribution in [3.8, 4) is 22.8 Å². The third-order valence-electron chi connectivity index (χ3n) is 3.68. The Balaban J connectivity index is 2.08. The molecule has 0 unspecified atom stereocenters. The van der Waals surface area contributed by atoms with E-state index in [0.717, 1.165) is 16.9 Å². The van der Waals surface area contributed by atoms with E-state index in [4.69, 9.17) is 15.9 Å². The van der Waals surface area contributed by atoms with Crippen LogP contribution < -0.4 is 11.5 Å². The minimum atomic E-state index is -1.10. The van der Waals surface area contributed by atoms with Crippen LogP contribution in [-0.2, 0) is 0 Å². The fraction of sp³-hybridized carbons (Fsp3) is 0. The zero-order valence-corrected chi connectivity index (χ0v) is 13.6. The number of aromatic nitrogens is 2. The van der Waals surface area contributed by atoms with Crippen LogP contribution in [-0.4, -0.2) is 21.0 Å². The highest BCUT2D eigenvalue weighted by Gasteiger charge is 2.22. The van der Waals surface area contributed by atoms with E-state index >= 15 is 0 Å². The van der Waals surface area contributed by atoms with E-state index in [2.05, 4.69) is 9.97 Å². The molecule has 5 N–H and O–H groups in total. The maximum absolute atomic E-state index is 11.5. The van der Waals surface area contributed by atoms with E-state index in [1.165, 1.54) is 6.26 Å². The number of carboxylic acid groups (broad SMARTS) is 1. The molecule has 0 aliphatic carbocycles. The van der Waals surface area contributed by atoms with Crippen LogP contribution in [0.3, 0.4) is 0 Å². The van der Waals surface area contributed by atoms with Crippen LogP contribution >= 0.6 is 11.3 Å². The second kappa shape index (κ2) is 5.60. The van der Waals surface area contributed by atoms with Gasteiger partial charge in [0.05, 0.1) is 23.0 Å². The average molecular weight is 352 g/mol. The van der Waals surface area contributed by atoms with Crippen LogP contribution in [0, 0.1) is 0 Å². The number of nitrogen functional groups attached to an aromatic ring is 2. The van der Waals surface area contributed by atoms with Crippen LogP contribution in [0.25, 0.3) is 33.1 Å². The molecule has 0 saturated carbocycles. The fourth-order valence-electron chi connectivity index (χ4n) is 2.59. The molecule has 0 saturated heterocycles. The van der Waals surface area contributed by atoms with E-state index < -0.39 is 5.97 Å². The predicted octanol–water partition coefficient (Wildman–Crippen LogP) is 3.48. The smallest absolute Gasteiger partial charge is 0.348 e. The van der Waals surface area contributed by atoms with Crippen LogP contribution in [0.1, 0.15) is 9.67 Å². The SMILES string of the molecule is Nc1cccc(-c2nc(-c3ccco3)nc3sc(C(=O)O)c(N)c23)c1. The van der Waals surface area contributed by atoms with Crippen molar-refractivity contribution in [3.63, 3.8) is 0 Å². The highest BCUT2D eigenvalue weighted by atomic mass is 32.1. The van der Waals surface area contributed by atoms with Gasteiger partial charge in [0.25, 0.3) is 0 Å². The Kier molecular flexibility index (Phi) is 3.40. The number of hydrogen-bond acceptors (Lipinski definition) is 7. The molecule has 0 radical (unpaired) electrons. The van der Waals surface area contributed by atoms with Gasteiger partial charge in [-0.1, -0.05) is 12.1 Å². The van der Waals surface area contributed by atoms with Gasteiger partial charge in [-0.05, 0) is 24.3 Å². The molecular weight excluding hydrogens is 340 g/mol. The van der Waals surface area contributed by atoms with E-state index in [0.29, 0.717) is 33.2 Å². The number of aromatic carboxylic acids is 1. The zero-order chi connectivity index (χ0) is 17.6. The molecule has 0 spiro atoms. The first-order chi connectivity index (χ1) is 12.0. The summed E-state index contributed by atoms with van der Waals surface area (Å²) in [7, 11) is 0. The summed E-state index contributed by atoms with van der Waals surface area (Å²) in [6.45, 7) is 0. The van der Waals surface area contributed by atoms with Crippen molar-refractivity contribution < 1.29 is 14.3 Å². The Morgan fingerprint density at radius 1 is 1.16 bits per heavy atom. The molecule has 0 amide bonds. The average Bonchev–Trinajstić information content (AvgIpc) is 3.22. The quantitative estimate of drug-likeness (QED) is 0.481. The molecule has 0 fully saturated rings. The highest BCUT2D eigenvalue weighted by Crippen LogP contribution is 2.39. The number of benzene rings is 1. The first-order valence-electron chi connectivity index (χ1n) is 7.27. The summed E-state index contributed by atoms with van der Waals surface area (Å²) in [5.41, 5.74) is 13.9. The van der Waals surface area contributed by atoms with Crippen molar-refractivity contribution in [1.82, 2.24) is 9.97 Å². The zero-order valence-electron chi connectivity index (χ0n) is 12.8. The van der Waals surface area contributed by atoms with E-state index in [1.54, 1.807) is 30.3 Å². The minimum Gasteiger partial charge on any atom is -0.477 e. The number of rotatable bonds is 3. The molecule has 0 bridgehead atoms. The number of carboxylic acids is 1. The van der Waals surface area contributed by atoms with E-state index in [9.17, 15) is 9.90 Å². The third-order valence-corrected chi connectivity index (χ3v) is 4.77. The molecule has 124 valence electrons. The number of nitrogens with two attached hydrogens (primary N) is 2. The van der Waals surface area contributed by atoms with Crippen LogP contribution in [0.4, 0.5) is 11.4 Å². The van der Waals surface area contributed by atoms with Crippen LogP contribution in [0.15, 0.2) is 47.1 Å². The molecule has 1 aromatic carbocycles. The van der Waals surface area contributed by atoms with Crippen LogP contribution in [0.5, 0.6) is 0 Å². The summed E-state index contributed by atoms with van der Waals surface area (Å²) >= 11 is 1.01. The number of anilines is 2. The monoisotopic (exact) mass is 352 g/mol. The van der Waals surface area contributed by atoms with Gasteiger partial charge in [-0.2, -0.15) is 0 Å². The number of hydrogen-bond donors (Lipinski definition) is 3. The summed E-state index contributed by atoms with van der Waals surface area (Å²) in [6.07, 6.45) is 1.52. The van der Waals surface area contributed by atoms with Gasteiger partial charge in [0.1, 0.15) is 9.71 Å². The van der Waals surface area contributed by atoms with Crippen molar-refractivity contribution in [2.24, 2.45) is 0 Å². The molecule has 4 rings (SSSR count). The first kappa shape index (κ1) is 15.2. The molecule has 7 nitrogen and oxygen atoms in total. The predicted molar refractivity (Wildman–Crippen MR) is 96.3 cm³/mol. The van der Waals surface area contributed by atoms with Gasteiger partial charge in [0.15, 0.2) is 11.6 Å². The van der Waals surface area contributed by atoms with Crippen molar-refractivity contribution >= 4 is 38.9 Å². The third kappa shape index (κ3) is 2.48. The lowest BCUT2D eigenvalue weighted by Crippen LogP contribution is -1.99. The molecule has 3 aromatic heterocycles. The lowest BCUT2D eigenvalue weighted by molar-refractivity contribution is 0.0703. The molecule has 0 aliphatic rings. The minimum absolute atomic E-state index is 0.0334. The normalized spacial score (nSPS) is 11.0. The summed E-state index contributed by atoms with van der Waals surface area (Å²) in [4.78, 5) is 21.0. The standard InChI is InChI=1S/C17H12N4O3S/c18-9-4-1-3-8(7-9)13-11-12(19)14(17(22)23)25-16(11)21-15(20-13)10-5-2-6-24-10/h1-7H,18-19H2,(H,22,23). The topological polar surface area (TPSA) is 128 Å². The molecule has 25 heavy (non-hydrogen) atoms. The summed E-state index contributed by atoms with van der Waals surface area (Å²) in [5, 5.41) is 9.87. The number of carbonyl (C=O) groups is 1. The largest absolute Gasteiger partial charge is 0.477 e. The van der Waals surface area contributed by atoms with Crippen molar-refractivity contribution in [1.29, 1.82) is 0 Å². The van der Waals surface area contributed by atoms with Crippen LogP contribution in [0.2, 0.25) is 0 Å². The highest BCUT2D eigenvalue weighted by molar-refractivity contribution is 7.21. The number of fused-ring (bicyclic) bond motifs is 1. The van der Waals surface area contributed by atoms with Crippen molar-refractivity contribution in [3.05, 3.63) is 47.5 Å². The number of thiophene rings is 1. The summed E-state index contributed by atoms with van der Waals surface area (Å²) < 4.78 is 5.37. The van der Waals surface area contributed by atoms with Gasteiger partial charge in [0.2, 0.25) is 0 Å². The maximum Gasteiger partial charge on any atom is 0.348 e. The summed E-state index contributed by atoms with van der Waals surface area (Å²) in [6, 6.07) is 10.6. The Labute approximate surface area is 145 Å². The van der Waals surface area contributed by atoms with Gasteiger partial charge < -0.3 is 21.0 Å². The molecule has 3 heterocycles. The molecule has 0 atom stereocenters. The molecular formula is C17H12N4O3S. The Morgan fingerprint density at radius 2 is 2.00 bits per heavy atom. The molecule has 8 heteroatoms.